The molecule has 1 unspecified atom stereocenters. The van der Waals surface area contributed by atoms with Crippen LogP contribution in [0.25, 0.3) is 0 Å². The van der Waals surface area contributed by atoms with Gasteiger partial charge in [0.15, 0.2) is 0 Å². The smallest absolute Gasteiger partial charge is 0.295 e. The molecule has 0 spiro atoms. The van der Waals surface area contributed by atoms with E-state index in [4.69, 9.17) is 0 Å². The van der Waals surface area contributed by atoms with Crippen LogP contribution in [0, 0.1) is 15.9 Å². The molecule has 0 aromatic heterocycles. The summed E-state index contributed by atoms with van der Waals surface area (Å²) in [6.07, 6.45) is 0. The fourth-order valence-electron chi connectivity index (χ4n) is 1.66. The predicted octanol–water partition coefficient (Wildman–Crippen LogP) is 2.86. The standard InChI is InChI=1S/C11H15BrFN3O2/c1-7(6-15(2)3)14-10-4-8(12)9(13)5-11(10)16(17)18/h4-5,7,14H,6H2,1-3H3. The second-order valence-corrected chi connectivity index (χ2v) is 5.20. The molecule has 0 saturated carbocycles. The topological polar surface area (TPSA) is 58.4 Å². The molecule has 1 aromatic carbocycles. The second kappa shape index (κ2) is 6.10. The molecule has 5 nitrogen and oxygen atoms in total. The van der Waals surface area contributed by atoms with Gasteiger partial charge in [0.1, 0.15) is 11.5 Å². The molecule has 18 heavy (non-hydrogen) atoms. The normalized spacial score (nSPS) is 12.6. The molecule has 0 fully saturated rings. The van der Waals surface area contributed by atoms with Crippen molar-refractivity contribution in [2.75, 3.05) is 26.0 Å². The Morgan fingerprint density at radius 1 is 1.56 bits per heavy atom. The quantitative estimate of drug-likeness (QED) is 0.669. The Labute approximate surface area is 113 Å². The molecule has 1 aromatic rings. The van der Waals surface area contributed by atoms with Gasteiger partial charge in [0.25, 0.3) is 5.69 Å². The number of likely N-dealkylation sites (N-methyl/N-ethyl adjacent to an activating group) is 1. The minimum atomic E-state index is -0.646. The van der Waals surface area contributed by atoms with Gasteiger partial charge in [0, 0.05) is 12.6 Å². The Balaban J connectivity index is 3.00. The third-order valence-electron chi connectivity index (χ3n) is 2.28. The number of nitro benzene ring substituents is 1. The van der Waals surface area contributed by atoms with Gasteiger partial charge in [-0.3, -0.25) is 10.1 Å². The Hall–Kier alpha value is -1.21. The van der Waals surface area contributed by atoms with Crippen LogP contribution in [0.1, 0.15) is 6.92 Å². The van der Waals surface area contributed by atoms with Crippen LogP contribution in [0.4, 0.5) is 15.8 Å². The average molecular weight is 320 g/mol. The summed E-state index contributed by atoms with van der Waals surface area (Å²) < 4.78 is 13.5. The van der Waals surface area contributed by atoms with Crippen molar-refractivity contribution in [1.82, 2.24) is 4.90 Å². The van der Waals surface area contributed by atoms with E-state index in [0.29, 0.717) is 12.2 Å². The average Bonchev–Trinajstić information content (AvgIpc) is 2.21. The summed E-state index contributed by atoms with van der Waals surface area (Å²) in [6.45, 7) is 2.62. The summed E-state index contributed by atoms with van der Waals surface area (Å²) >= 11 is 3.02. The molecule has 0 aliphatic carbocycles. The summed E-state index contributed by atoms with van der Waals surface area (Å²) in [4.78, 5) is 12.2. The van der Waals surface area contributed by atoms with E-state index in [1.54, 1.807) is 0 Å². The number of benzene rings is 1. The Morgan fingerprint density at radius 3 is 2.67 bits per heavy atom. The Bertz CT molecular complexity index is 454. The van der Waals surface area contributed by atoms with Gasteiger partial charge in [0.05, 0.1) is 15.5 Å². The summed E-state index contributed by atoms with van der Waals surface area (Å²) in [5.41, 5.74) is 0.0453. The van der Waals surface area contributed by atoms with Gasteiger partial charge < -0.3 is 10.2 Å². The highest BCUT2D eigenvalue weighted by atomic mass is 79.9. The van der Waals surface area contributed by atoms with E-state index in [0.717, 1.165) is 6.07 Å². The van der Waals surface area contributed by atoms with Crippen molar-refractivity contribution in [1.29, 1.82) is 0 Å². The van der Waals surface area contributed by atoms with E-state index in [-0.39, 0.29) is 16.2 Å². The SMILES string of the molecule is CC(CN(C)C)Nc1cc(Br)c(F)cc1[N+](=O)[O-]. The third-order valence-corrected chi connectivity index (χ3v) is 2.88. The maximum atomic E-state index is 13.3. The van der Waals surface area contributed by atoms with Crippen LogP contribution in [-0.4, -0.2) is 36.5 Å². The van der Waals surface area contributed by atoms with Gasteiger partial charge in [-0.25, -0.2) is 4.39 Å². The van der Waals surface area contributed by atoms with Gasteiger partial charge in [-0.2, -0.15) is 0 Å². The minimum absolute atomic E-state index is 0.0102. The number of hydrogen-bond acceptors (Lipinski definition) is 4. The molecule has 0 aliphatic heterocycles. The zero-order valence-corrected chi connectivity index (χ0v) is 12.0. The van der Waals surface area contributed by atoms with Crippen LogP contribution in [0.5, 0.6) is 0 Å². The van der Waals surface area contributed by atoms with Crippen LogP contribution in [0.3, 0.4) is 0 Å². The molecule has 7 heteroatoms. The number of halogens is 2. The molecule has 1 atom stereocenters. The van der Waals surface area contributed by atoms with Crippen LogP contribution >= 0.6 is 15.9 Å². The maximum absolute atomic E-state index is 13.3. The molecular weight excluding hydrogens is 305 g/mol. The van der Waals surface area contributed by atoms with E-state index in [9.17, 15) is 14.5 Å². The lowest BCUT2D eigenvalue weighted by Gasteiger charge is -2.19. The molecule has 100 valence electrons. The fourth-order valence-corrected chi connectivity index (χ4v) is 2.01. The molecule has 0 saturated heterocycles. The number of rotatable bonds is 5. The maximum Gasteiger partial charge on any atom is 0.295 e. The predicted molar refractivity (Wildman–Crippen MR) is 72.4 cm³/mol. The number of nitro groups is 1. The molecule has 0 amide bonds. The van der Waals surface area contributed by atoms with Crippen molar-refractivity contribution in [3.05, 3.63) is 32.5 Å². The first-order valence-electron chi connectivity index (χ1n) is 5.36. The fraction of sp³-hybridized carbons (Fsp3) is 0.455. The van der Waals surface area contributed by atoms with Crippen molar-refractivity contribution in [3.8, 4) is 0 Å². The highest BCUT2D eigenvalue weighted by Gasteiger charge is 2.19. The molecule has 0 aliphatic rings. The van der Waals surface area contributed by atoms with Crippen molar-refractivity contribution < 1.29 is 9.31 Å². The number of hydrogen-bond donors (Lipinski definition) is 1. The lowest BCUT2D eigenvalue weighted by molar-refractivity contribution is -0.384. The van der Waals surface area contributed by atoms with E-state index in [1.807, 2.05) is 25.9 Å². The lowest BCUT2D eigenvalue weighted by Crippen LogP contribution is -2.29. The first-order chi connectivity index (χ1) is 8.31. The summed E-state index contributed by atoms with van der Waals surface area (Å²) in [5.74, 6) is -0.646. The van der Waals surface area contributed by atoms with Crippen molar-refractivity contribution in [2.45, 2.75) is 13.0 Å². The van der Waals surface area contributed by atoms with Crippen molar-refractivity contribution in [2.24, 2.45) is 0 Å². The molecule has 1 rings (SSSR count). The third kappa shape index (κ3) is 3.92. The van der Waals surface area contributed by atoms with Crippen LogP contribution in [0.2, 0.25) is 0 Å². The zero-order chi connectivity index (χ0) is 13.9. The molecule has 0 heterocycles. The van der Waals surface area contributed by atoms with E-state index < -0.39 is 10.7 Å². The number of nitrogens with zero attached hydrogens (tertiary/aromatic N) is 2. The van der Waals surface area contributed by atoms with E-state index in [1.165, 1.54) is 6.07 Å². The monoisotopic (exact) mass is 319 g/mol. The minimum Gasteiger partial charge on any atom is -0.376 e. The highest BCUT2D eigenvalue weighted by Crippen LogP contribution is 2.30. The molecule has 0 radical (unpaired) electrons. The first-order valence-corrected chi connectivity index (χ1v) is 6.15. The van der Waals surface area contributed by atoms with Gasteiger partial charge in [0.2, 0.25) is 0 Å². The van der Waals surface area contributed by atoms with Crippen LogP contribution in [0.15, 0.2) is 16.6 Å². The van der Waals surface area contributed by atoms with Gasteiger partial charge in [-0.15, -0.1) is 0 Å². The van der Waals surface area contributed by atoms with Gasteiger partial charge in [-0.05, 0) is 43.0 Å². The molecule has 1 N–H and O–H groups in total. The highest BCUT2D eigenvalue weighted by molar-refractivity contribution is 9.10. The zero-order valence-electron chi connectivity index (χ0n) is 10.4. The molecular formula is C11H15BrFN3O2. The van der Waals surface area contributed by atoms with Crippen molar-refractivity contribution >= 4 is 27.3 Å². The lowest BCUT2D eigenvalue weighted by atomic mass is 10.2. The van der Waals surface area contributed by atoms with Gasteiger partial charge in [-0.1, -0.05) is 0 Å². The second-order valence-electron chi connectivity index (χ2n) is 4.35. The van der Waals surface area contributed by atoms with Crippen LogP contribution < -0.4 is 5.32 Å². The Kier molecular flexibility index (Phi) is 5.03. The molecule has 0 bridgehead atoms. The summed E-state index contributed by atoms with van der Waals surface area (Å²) in [5, 5.41) is 13.9. The van der Waals surface area contributed by atoms with Crippen molar-refractivity contribution in [3.63, 3.8) is 0 Å². The largest absolute Gasteiger partial charge is 0.376 e. The number of anilines is 1. The van der Waals surface area contributed by atoms with Crippen LogP contribution in [-0.2, 0) is 0 Å². The number of nitrogens with one attached hydrogen (secondary N) is 1. The van der Waals surface area contributed by atoms with E-state index >= 15 is 0 Å². The van der Waals surface area contributed by atoms with E-state index in [2.05, 4.69) is 21.2 Å². The summed E-state index contributed by atoms with van der Waals surface area (Å²) in [7, 11) is 3.82. The van der Waals surface area contributed by atoms with Gasteiger partial charge >= 0.3 is 0 Å². The Morgan fingerprint density at radius 2 is 2.17 bits per heavy atom. The first kappa shape index (κ1) is 14.8. The summed E-state index contributed by atoms with van der Waals surface area (Å²) in [6, 6.07) is 2.31.